The van der Waals surface area contributed by atoms with Gasteiger partial charge in [-0.2, -0.15) is 19.2 Å². The molecule has 2 N–H and O–H groups in total. The molecule has 25 heteroatoms. The number of hydrogen-bond acceptors (Lipinski definition) is 19. The number of methoxy groups -OCH3 is 3. The van der Waals surface area contributed by atoms with E-state index in [1.54, 1.807) is 84.5 Å². The molecular weight excluding hydrogens is 1160 g/mol. The summed E-state index contributed by atoms with van der Waals surface area (Å²) in [6.07, 6.45) is 11.3. The molecule has 0 saturated carbocycles. The van der Waals surface area contributed by atoms with Crippen molar-refractivity contribution in [2.75, 3.05) is 83.2 Å². The van der Waals surface area contributed by atoms with Crippen LogP contribution < -0.4 is 29.7 Å². The molecule has 20 nitrogen and oxygen atoms in total. The van der Waals surface area contributed by atoms with Gasteiger partial charge in [0.05, 0.1) is 41.8 Å². The summed E-state index contributed by atoms with van der Waals surface area (Å²) in [5.41, 5.74) is 11.1. The SMILES string of the molecule is CCCCCS(=O)(=O)c1c(C)cc(OC)cc1C.CCCCN.COc1cc(C)c(S(=O)(=O)Cl)c(C)c1.COc1cc(C)c(S(=O)(=O)N(C)CCC(=O)Cc2ccc(N3CCN(c4ccncc4)CC3)nc2)c(C)c1.Cl.O=C=O.O=C=O. The maximum absolute atomic E-state index is 13.2. The Kier molecular flexibility index (Phi) is 35.6. The van der Waals surface area contributed by atoms with Crippen LogP contribution in [-0.4, -0.2) is 131 Å². The van der Waals surface area contributed by atoms with E-state index < -0.39 is 28.9 Å². The van der Waals surface area contributed by atoms with Crippen molar-refractivity contribution in [2.24, 2.45) is 5.73 Å². The normalized spacial score (nSPS) is 11.7. The summed E-state index contributed by atoms with van der Waals surface area (Å²) in [5.74, 6) is 3.04. The number of rotatable bonds is 20. The summed E-state index contributed by atoms with van der Waals surface area (Å²) in [7, 11) is 0.895. The van der Waals surface area contributed by atoms with E-state index in [-0.39, 0.29) is 65.4 Å². The predicted molar refractivity (Wildman–Crippen MR) is 319 cm³/mol. The predicted octanol–water partition coefficient (Wildman–Crippen LogP) is 8.77. The highest BCUT2D eigenvalue weighted by molar-refractivity contribution is 8.13. The highest BCUT2D eigenvalue weighted by atomic mass is 35.7. The van der Waals surface area contributed by atoms with Crippen molar-refractivity contribution in [3.8, 4) is 17.2 Å². The molecular formula is C57H80Cl2N6O14S3. The van der Waals surface area contributed by atoms with Gasteiger partial charge >= 0.3 is 12.3 Å². The van der Waals surface area contributed by atoms with Gasteiger partial charge in [0.15, 0.2) is 9.84 Å². The molecule has 2 aromatic heterocycles. The molecule has 3 aromatic carbocycles. The quantitative estimate of drug-likeness (QED) is 0.0563. The zero-order chi connectivity index (χ0) is 61.5. The summed E-state index contributed by atoms with van der Waals surface area (Å²) in [6.45, 7) is 19.2. The van der Waals surface area contributed by atoms with Crippen LogP contribution in [0.3, 0.4) is 0 Å². The fraction of sp³-hybridized carbons (Fsp3) is 0.456. The number of hydrogen-bond donors (Lipinski definition) is 1. The summed E-state index contributed by atoms with van der Waals surface area (Å²) in [4.78, 5) is 59.3. The Balaban J connectivity index is 0.00000123. The molecule has 6 rings (SSSR count). The lowest BCUT2D eigenvalue weighted by atomic mass is 10.1. The number of pyridine rings is 2. The Morgan fingerprint density at radius 2 is 1.06 bits per heavy atom. The van der Waals surface area contributed by atoms with Crippen molar-refractivity contribution in [1.29, 1.82) is 0 Å². The highest BCUT2D eigenvalue weighted by Gasteiger charge is 2.27. The minimum atomic E-state index is -3.73. The van der Waals surface area contributed by atoms with Crippen LogP contribution in [0.5, 0.6) is 17.2 Å². The van der Waals surface area contributed by atoms with Crippen molar-refractivity contribution in [2.45, 2.75) is 115 Å². The molecule has 1 aliphatic rings. The third-order valence-corrected chi connectivity index (χ3v) is 18.2. The maximum atomic E-state index is 13.2. The van der Waals surface area contributed by atoms with Gasteiger partial charge in [0, 0.05) is 87.6 Å². The molecule has 0 spiro atoms. The molecule has 454 valence electrons. The Labute approximate surface area is 495 Å². The topological polar surface area (TPSA) is 277 Å². The molecule has 1 saturated heterocycles. The van der Waals surface area contributed by atoms with Crippen LogP contribution in [0.4, 0.5) is 11.5 Å². The van der Waals surface area contributed by atoms with E-state index in [9.17, 15) is 30.0 Å². The van der Waals surface area contributed by atoms with Crippen molar-refractivity contribution >= 4 is 81.6 Å². The lowest BCUT2D eigenvalue weighted by Gasteiger charge is -2.36. The molecule has 82 heavy (non-hydrogen) atoms. The van der Waals surface area contributed by atoms with Crippen molar-refractivity contribution < 1.29 is 63.4 Å². The average molecular weight is 1240 g/mol. The number of halogens is 2. The number of nitrogens with zero attached hydrogens (tertiary/aromatic N) is 5. The highest BCUT2D eigenvalue weighted by Crippen LogP contribution is 2.30. The van der Waals surface area contributed by atoms with Crippen LogP contribution in [0.15, 0.2) is 93.9 Å². The molecule has 1 aliphatic heterocycles. The monoisotopic (exact) mass is 1240 g/mol. The average Bonchev–Trinajstić information content (AvgIpc) is 3.47. The van der Waals surface area contributed by atoms with Crippen LogP contribution >= 0.6 is 23.1 Å². The molecule has 5 aromatic rings. The minimum Gasteiger partial charge on any atom is -0.497 e. The number of aromatic nitrogens is 2. The van der Waals surface area contributed by atoms with E-state index >= 15 is 0 Å². The van der Waals surface area contributed by atoms with Crippen LogP contribution in [-0.2, 0) is 59.3 Å². The zero-order valence-electron chi connectivity index (χ0n) is 48.9. The number of benzene rings is 3. The maximum Gasteiger partial charge on any atom is 0.373 e. The number of carbonyl (C=O) groups is 1. The van der Waals surface area contributed by atoms with Gasteiger partial charge in [-0.3, -0.25) is 9.78 Å². The lowest BCUT2D eigenvalue weighted by molar-refractivity contribution is -0.193. The van der Waals surface area contributed by atoms with Gasteiger partial charge in [-0.25, -0.2) is 34.5 Å². The van der Waals surface area contributed by atoms with Crippen molar-refractivity contribution in [3.63, 3.8) is 0 Å². The first-order chi connectivity index (χ1) is 38.2. The smallest absolute Gasteiger partial charge is 0.373 e. The van der Waals surface area contributed by atoms with Gasteiger partial charge in [0.25, 0.3) is 9.05 Å². The van der Waals surface area contributed by atoms with E-state index in [0.29, 0.717) is 44.4 Å². The van der Waals surface area contributed by atoms with E-state index in [0.717, 1.165) is 74.5 Å². The number of carbonyl (C=O) groups excluding carboxylic acids is 5. The standard InChI is InChI=1S/C28H35N5O4S.C14H22O3S.C9H11ClO3S.C4H11N.2CO2.ClH/c1-21-17-26(37-4)18-22(2)28(21)38(35,36)31(3)12-9-25(34)19-23-5-6-27(30-20-23)33-15-13-32(14-16-33)24-7-10-29-11-8-24;1-5-6-7-8-18(15,16)14-11(2)9-13(17-4)10-12(14)3;1-6-4-8(13-3)5-7(2)9(6)14(10,11)12;1-2-3-4-5;2*2-1-3;/h5-8,10-11,17-18,20H,9,12-16,19H2,1-4H3;9-10H,5-8H2,1-4H3;4-5H,1-3H3;2-5H2,1H3;;;1H. The number of sulfone groups is 1. The number of aryl methyl sites for hydroxylation is 6. The molecule has 0 unspecified atom stereocenters. The largest absolute Gasteiger partial charge is 0.497 e. The fourth-order valence-corrected chi connectivity index (χ4v) is 13.6. The number of Topliss-reactive ketones (excluding diaryl/α,β-unsaturated/α-hetero) is 1. The van der Waals surface area contributed by atoms with Crippen LogP contribution in [0.1, 0.15) is 91.3 Å². The first kappa shape index (κ1) is 75.7. The van der Waals surface area contributed by atoms with Gasteiger partial charge in [-0.05, 0) is 154 Å². The molecule has 3 heterocycles. The number of piperazine rings is 1. The van der Waals surface area contributed by atoms with Crippen molar-refractivity contribution in [3.05, 3.63) is 118 Å². The summed E-state index contributed by atoms with van der Waals surface area (Å²) < 4.78 is 90.0. The molecule has 1 fully saturated rings. The molecule has 0 bridgehead atoms. The third-order valence-electron chi connectivity index (χ3n) is 12.4. The van der Waals surface area contributed by atoms with Gasteiger partial charge in [0.1, 0.15) is 28.8 Å². The number of unbranched alkanes of at least 4 members (excludes halogenated alkanes) is 3. The van der Waals surface area contributed by atoms with Gasteiger partial charge < -0.3 is 29.7 Å². The first-order valence-electron chi connectivity index (χ1n) is 25.9. The van der Waals surface area contributed by atoms with E-state index in [1.807, 2.05) is 50.5 Å². The fourth-order valence-electron chi connectivity index (χ4n) is 8.55. The second-order valence-electron chi connectivity index (χ2n) is 18.5. The summed E-state index contributed by atoms with van der Waals surface area (Å²) in [6, 6.07) is 18.2. The lowest BCUT2D eigenvalue weighted by Crippen LogP contribution is -2.46. The Hall–Kier alpha value is -6.26. The first-order valence-corrected chi connectivity index (χ1v) is 31.3. The number of anilines is 2. The van der Waals surface area contributed by atoms with Gasteiger partial charge in [-0.1, -0.05) is 39.2 Å². The van der Waals surface area contributed by atoms with Crippen LogP contribution in [0.2, 0.25) is 0 Å². The minimum absolute atomic E-state index is 0. The Morgan fingerprint density at radius 1 is 0.646 bits per heavy atom. The van der Waals surface area contributed by atoms with Gasteiger partial charge in [0.2, 0.25) is 10.0 Å². The van der Waals surface area contributed by atoms with E-state index in [1.165, 1.54) is 37.0 Å². The van der Waals surface area contributed by atoms with E-state index in [4.69, 9.17) is 49.8 Å². The molecule has 0 aliphatic carbocycles. The van der Waals surface area contributed by atoms with E-state index in [2.05, 4.69) is 33.6 Å². The second kappa shape index (κ2) is 38.5. The number of nitrogens with two attached hydrogens (primary N) is 1. The number of ketones is 1. The van der Waals surface area contributed by atoms with Crippen LogP contribution in [0.25, 0.3) is 0 Å². The Morgan fingerprint density at radius 3 is 1.43 bits per heavy atom. The second-order valence-corrected chi connectivity index (χ2v) is 25.1. The third kappa shape index (κ3) is 25.1. The molecule has 0 atom stereocenters. The summed E-state index contributed by atoms with van der Waals surface area (Å²) >= 11 is 0. The summed E-state index contributed by atoms with van der Waals surface area (Å²) in [5, 5.41) is 0. The van der Waals surface area contributed by atoms with Gasteiger partial charge in [-0.15, -0.1) is 12.4 Å². The molecule has 0 radical (unpaired) electrons. The van der Waals surface area contributed by atoms with Crippen LogP contribution in [0, 0.1) is 41.5 Å². The zero-order valence-corrected chi connectivity index (χ0v) is 53.0. The Bertz CT molecular complexity index is 3090. The number of sulfonamides is 1. The van der Waals surface area contributed by atoms with Crippen molar-refractivity contribution in [1.82, 2.24) is 14.3 Å². The number of ether oxygens (including phenoxy) is 3. The molecule has 0 amide bonds.